The van der Waals surface area contributed by atoms with Crippen LogP contribution >= 0.6 is 11.3 Å². The molecule has 0 aliphatic carbocycles. The van der Waals surface area contributed by atoms with Crippen molar-refractivity contribution in [2.24, 2.45) is 17.3 Å². The third-order valence-corrected chi connectivity index (χ3v) is 12.4. The van der Waals surface area contributed by atoms with E-state index in [1.807, 2.05) is 20.8 Å². The third kappa shape index (κ3) is 8.97. The van der Waals surface area contributed by atoms with Gasteiger partial charge in [-0.1, -0.05) is 40.5 Å². The van der Waals surface area contributed by atoms with Crippen molar-refractivity contribution in [3.63, 3.8) is 0 Å². The fraction of sp³-hybridized carbons (Fsp3) is 0.725. The number of fused-ring (bicyclic) bond motifs is 1. The van der Waals surface area contributed by atoms with Crippen molar-refractivity contribution in [3.05, 3.63) is 21.7 Å². The Balaban J connectivity index is 1.57. The highest BCUT2D eigenvalue weighted by molar-refractivity contribution is 7.09. The van der Waals surface area contributed by atoms with Gasteiger partial charge in [0.2, 0.25) is 11.2 Å². The van der Waals surface area contributed by atoms with E-state index in [-0.39, 0.29) is 35.3 Å². The molecule has 0 radical (unpaired) electrons. The number of carbonyl (C=O) groups is 6. The summed E-state index contributed by atoms with van der Waals surface area (Å²) < 4.78 is 23.2. The third-order valence-electron chi connectivity index (χ3n) is 11.6. The van der Waals surface area contributed by atoms with E-state index in [2.05, 4.69) is 11.9 Å². The van der Waals surface area contributed by atoms with Crippen molar-refractivity contribution in [2.75, 3.05) is 0 Å². The number of aromatic nitrogens is 1. The van der Waals surface area contributed by atoms with Gasteiger partial charge in [-0.05, 0) is 71.4 Å². The molecule has 0 aromatic carbocycles. The Morgan fingerprint density at radius 2 is 1.61 bits per heavy atom. The molecule has 3 aliphatic rings. The maximum atomic E-state index is 13.3. The van der Waals surface area contributed by atoms with E-state index < -0.39 is 82.5 Å². The fourth-order valence-corrected chi connectivity index (χ4v) is 8.72. The number of thiazole rings is 1. The topological polar surface area (TPSA) is 236 Å². The Morgan fingerprint density at radius 1 is 0.964 bits per heavy atom. The second kappa shape index (κ2) is 17.4. The van der Waals surface area contributed by atoms with Crippen molar-refractivity contribution < 1.29 is 68.1 Å². The van der Waals surface area contributed by atoms with Crippen LogP contribution in [0.3, 0.4) is 0 Å². The summed E-state index contributed by atoms with van der Waals surface area (Å²) in [5.41, 5.74) is -10.1. The van der Waals surface area contributed by atoms with Crippen LogP contribution in [0.25, 0.3) is 6.08 Å². The average molecular weight is 808 g/mol. The molecule has 0 bridgehead atoms. The predicted molar refractivity (Wildman–Crippen MR) is 201 cm³/mol. The monoisotopic (exact) mass is 807 g/mol. The minimum Gasteiger partial charge on any atom is -0.458 e. The van der Waals surface area contributed by atoms with Crippen molar-refractivity contribution in [3.8, 4) is 0 Å². The quantitative estimate of drug-likeness (QED) is 0.196. The number of Topliss-reactive ketones (excluding diaryl/α,β-unsaturated/α-hetero) is 5. The van der Waals surface area contributed by atoms with Crippen LogP contribution in [0.4, 0.5) is 0 Å². The van der Waals surface area contributed by atoms with Gasteiger partial charge in [0.05, 0.1) is 17.9 Å². The Morgan fingerprint density at radius 3 is 2.20 bits per heavy atom. The number of nitrogens with zero attached hydrogens (tertiary/aromatic N) is 1. The van der Waals surface area contributed by atoms with E-state index in [0.29, 0.717) is 37.0 Å². The summed E-state index contributed by atoms with van der Waals surface area (Å²) in [7, 11) is 0. The number of epoxide rings is 1. The molecular formula is C40H57NO14S. The van der Waals surface area contributed by atoms with Gasteiger partial charge in [0, 0.05) is 29.6 Å². The molecule has 4 rings (SSSR count). The molecule has 0 spiro atoms. The summed E-state index contributed by atoms with van der Waals surface area (Å²) in [6.45, 7) is 12.3. The van der Waals surface area contributed by atoms with Crippen molar-refractivity contribution in [2.45, 2.75) is 167 Å². The van der Waals surface area contributed by atoms with Gasteiger partial charge in [-0.25, -0.2) is 4.98 Å². The summed E-state index contributed by atoms with van der Waals surface area (Å²) in [6, 6.07) is 0. The van der Waals surface area contributed by atoms with Crippen molar-refractivity contribution in [1.29, 1.82) is 0 Å². The highest BCUT2D eigenvalue weighted by atomic mass is 32.1. The minimum absolute atomic E-state index is 0.0448. The maximum Gasteiger partial charge on any atom is 0.306 e. The summed E-state index contributed by atoms with van der Waals surface area (Å²) in [5.74, 6) is -5.54. The molecule has 0 amide bonds. The number of aliphatic hydroxyl groups is 4. The van der Waals surface area contributed by atoms with E-state index >= 15 is 0 Å². The number of ether oxygens (including phenoxy) is 4. The molecule has 16 heteroatoms. The van der Waals surface area contributed by atoms with E-state index in [1.54, 1.807) is 18.4 Å². The van der Waals surface area contributed by atoms with Gasteiger partial charge in [-0.2, -0.15) is 0 Å². The molecule has 1 aromatic rings. The summed E-state index contributed by atoms with van der Waals surface area (Å²) in [5, 5.41) is 46.9. The van der Waals surface area contributed by atoms with Crippen molar-refractivity contribution in [1.82, 2.24) is 4.98 Å². The second-order valence-corrected chi connectivity index (χ2v) is 17.5. The van der Waals surface area contributed by atoms with Gasteiger partial charge in [0.15, 0.2) is 41.1 Å². The number of carbonyl (C=O) groups excluding carboxylic acids is 6. The summed E-state index contributed by atoms with van der Waals surface area (Å²) >= 11 is 1.09. The van der Waals surface area contributed by atoms with Crippen LogP contribution in [-0.2, 0) is 54.3 Å². The number of cyclic esters (lactones) is 1. The van der Waals surface area contributed by atoms with E-state index in [0.717, 1.165) is 57.8 Å². The maximum absolute atomic E-state index is 13.3. The lowest BCUT2D eigenvalue weighted by molar-refractivity contribution is -0.361. The molecule has 3 saturated heterocycles. The van der Waals surface area contributed by atoms with Gasteiger partial charge in [0.1, 0.15) is 29.6 Å². The fourth-order valence-electron chi connectivity index (χ4n) is 8.05. The molecule has 3 aliphatic heterocycles. The van der Waals surface area contributed by atoms with Gasteiger partial charge in [-0.15, -0.1) is 11.3 Å². The second-order valence-electron chi connectivity index (χ2n) is 16.6. The highest BCUT2D eigenvalue weighted by Gasteiger charge is 2.79. The number of aliphatic hydroxyl groups excluding tert-OH is 1. The first-order chi connectivity index (χ1) is 25.9. The first-order valence-electron chi connectivity index (χ1n) is 19.1. The van der Waals surface area contributed by atoms with Crippen LogP contribution in [0, 0.1) is 17.3 Å². The smallest absolute Gasteiger partial charge is 0.306 e. The zero-order valence-corrected chi connectivity index (χ0v) is 34.5. The Kier molecular flexibility index (Phi) is 14.2. The lowest BCUT2D eigenvalue weighted by Crippen LogP contribution is -2.87. The zero-order chi connectivity index (χ0) is 42.1. The van der Waals surface area contributed by atoms with E-state index in [4.69, 9.17) is 18.9 Å². The molecular weight excluding hydrogens is 751 g/mol. The number of esters is 1. The van der Waals surface area contributed by atoms with Crippen LogP contribution in [0.2, 0.25) is 0 Å². The number of hydrogen-bond donors (Lipinski definition) is 4. The number of hydrogen-bond acceptors (Lipinski definition) is 16. The number of ketones is 5. The van der Waals surface area contributed by atoms with Crippen LogP contribution in [0.1, 0.15) is 118 Å². The molecule has 11 atom stereocenters. The molecule has 56 heavy (non-hydrogen) atoms. The Hall–Kier alpha value is -3.09. The largest absolute Gasteiger partial charge is 0.458 e. The van der Waals surface area contributed by atoms with Gasteiger partial charge < -0.3 is 39.4 Å². The van der Waals surface area contributed by atoms with Crippen LogP contribution in [0.15, 0.2) is 11.0 Å². The summed E-state index contributed by atoms with van der Waals surface area (Å²) in [4.78, 5) is 82.9. The standard InChI is InChI=1S/C40H57NO14S/c1-20-11-10-12-28-30(53-28)17-29(54-32(46)13-14-37(8,9)34(48)22(3)15-20)21(2)16-27-19-56-31(41-27)18-52-36-39(50,25(6)44)40(51,26(7)45)38(49,24(5)43)35(55-36)33(47)23(4)42/h16,19-20,22-23,28-30,35-36,42,49-51H,10-15,17-18H2,1-9H3/t20?,22?,23?,28?,29?,30?,35-,36+,38-,39+,40+/m1/s1. The lowest BCUT2D eigenvalue weighted by Gasteiger charge is -2.57. The van der Waals surface area contributed by atoms with Crippen LogP contribution < -0.4 is 0 Å². The molecule has 1 aromatic heterocycles. The van der Waals surface area contributed by atoms with Gasteiger partial charge in [0.25, 0.3) is 0 Å². The molecule has 6 unspecified atom stereocenters. The van der Waals surface area contributed by atoms with Crippen LogP contribution in [0.5, 0.6) is 0 Å². The number of rotatable bonds is 10. The van der Waals surface area contributed by atoms with Crippen LogP contribution in [-0.4, -0.2) is 114 Å². The summed E-state index contributed by atoms with van der Waals surface area (Å²) in [6.07, 6.45) is -1.18. The SMILES string of the molecule is CC(=O)[C@]1(O)[C@@](O)(C(C)=O)[C@@H](C(=O)C(C)O)O[C@H](OCc2nc(C=C(C)C3CC4OC4CCCC(C)CC(C)C(=O)C(C)(C)CCC(=O)O3)cs2)[C@@]1(O)C(C)=O. The van der Waals surface area contributed by atoms with Gasteiger partial charge >= 0.3 is 5.97 Å². The molecule has 0 saturated carbocycles. The highest BCUT2D eigenvalue weighted by Crippen LogP contribution is 2.48. The molecule has 15 nitrogen and oxygen atoms in total. The predicted octanol–water partition coefficient (Wildman–Crippen LogP) is 2.99. The molecule has 4 N–H and O–H groups in total. The van der Waals surface area contributed by atoms with E-state index in [1.165, 1.54) is 0 Å². The molecule has 3 fully saturated rings. The normalized spacial score (nSPS) is 36.5. The first-order valence-corrected chi connectivity index (χ1v) is 20.0. The van der Waals surface area contributed by atoms with Gasteiger partial charge in [-0.3, -0.25) is 28.8 Å². The van der Waals surface area contributed by atoms with E-state index in [9.17, 15) is 49.2 Å². The minimum atomic E-state index is -3.64. The Bertz CT molecular complexity index is 1720. The molecule has 4 heterocycles. The molecule has 312 valence electrons. The lowest BCUT2D eigenvalue weighted by atomic mass is 9.60. The zero-order valence-electron chi connectivity index (χ0n) is 33.7. The van der Waals surface area contributed by atoms with Crippen molar-refractivity contribution >= 4 is 52.3 Å². The average Bonchev–Trinajstić information content (AvgIpc) is 3.70. The first kappa shape index (κ1) is 45.6. The Labute approximate surface area is 331 Å².